The largest absolute Gasteiger partial charge is 0.324 e. The number of rotatable bonds is 4. The Hall–Kier alpha value is -3.65. The summed E-state index contributed by atoms with van der Waals surface area (Å²) in [5, 5.41) is 10.9. The molecule has 0 unspecified atom stereocenters. The summed E-state index contributed by atoms with van der Waals surface area (Å²) >= 11 is 1.48. The van der Waals surface area contributed by atoms with E-state index in [9.17, 15) is 9.59 Å². The Morgan fingerprint density at radius 1 is 1.19 bits per heavy atom. The van der Waals surface area contributed by atoms with Crippen LogP contribution in [0.1, 0.15) is 17.3 Å². The summed E-state index contributed by atoms with van der Waals surface area (Å²) in [6, 6.07) is 17.1. The molecule has 0 fully saturated rings. The summed E-state index contributed by atoms with van der Waals surface area (Å²) in [7, 11) is 0. The van der Waals surface area contributed by atoms with Crippen molar-refractivity contribution in [3.8, 4) is 11.3 Å². The van der Waals surface area contributed by atoms with Crippen LogP contribution in [0.15, 0.2) is 65.7 Å². The van der Waals surface area contributed by atoms with Crippen molar-refractivity contribution >= 4 is 46.0 Å². The number of aryl methyl sites for hydroxylation is 1. The molecule has 2 amide bonds. The molecule has 0 saturated carbocycles. The molecular formula is C23H19N5O2S. The lowest BCUT2D eigenvalue weighted by Gasteiger charge is -2.17. The molecule has 5 rings (SSSR count). The summed E-state index contributed by atoms with van der Waals surface area (Å²) in [4.78, 5) is 30.7. The second-order valence-corrected chi connectivity index (χ2v) is 8.14. The van der Waals surface area contributed by atoms with E-state index < -0.39 is 0 Å². The number of benzene rings is 2. The van der Waals surface area contributed by atoms with Gasteiger partial charge in [-0.05, 0) is 31.2 Å². The standard InChI is InChI=1S/C23H19N5O2S/c1-2-28-22-17(12-24-28)16(11-18(27-22)14-6-4-3-5-7-14)23(30)25-15-8-9-20-19(10-15)26-21(29)13-31-20/h3-12H,2,13H2,1H3,(H,25,30)(H,26,29). The highest BCUT2D eigenvalue weighted by molar-refractivity contribution is 8.00. The summed E-state index contributed by atoms with van der Waals surface area (Å²) in [5.74, 6) is 0.100. The number of nitrogens with one attached hydrogen (secondary N) is 2. The fourth-order valence-electron chi connectivity index (χ4n) is 3.58. The zero-order valence-corrected chi connectivity index (χ0v) is 17.6. The van der Waals surface area contributed by atoms with Gasteiger partial charge in [0.25, 0.3) is 5.91 Å². The molecule has 3 heterocycles. The number of anilines is 2. The fraction of sp³-hybridized carbons (Fsp3) is 0.130. The second-order valence-electron chi connectivity index (χ2n) is 7.12. The molecule has 0 aliphatic carbocycles. The average Bonchev–Trinajstić information content (AvgIpc) is 3.22. The third kappa shape index (κ3) is 3.66. The van der Waals surface area contributed by atoms with Gasteiger partial charge in [0, 0.05) is 22.7 Å². The van der Waals surface area contributed by atoms with Crippen molar-refractivity contribution < 1.29 is 9.59 Å². The summed E-state index contributed by atoms with van der Waals surface area (Å²) in [6.45, 7) is 2.64. The lowest BCUT2D eigenvalue weighted by molar-refractivity contribution is -0.113. The Kier molecular flexibility index (Phi) is 4.91. The summed E-state index contributed by atoms with van der Waals surface area (Å²) in [5.41, 5.74) is 4.13. The first-order chi connectivity index (χ1) is 15.1. The molecule has 4 aromatic rings. The van der Waals surface area contributed by atoms with Gasteiger partial charge in [-0.2, -0.15) is 5.10 Å². The third-order valence-electron chi connectivity index (χ3n) is 5.09. The number of aromatic nitrogens is 3. The fourth-order valence-corrected chi connectivity index (χ4v) is 4.37. The Morgan fingerprint density at radius 3 is 2.84 bits per heavy atom. The van der Waals surface area contributed by atoms with Crippen molar-refractivity contribution in [3.05, 3.63) is 66.4 Å². The zero-order chi connectivity index (χ0) is 21.4. The molecule has 0 atom stereocenters. The molecule has 7 nitrogen and oxygen atoms in total. The SMILES string of the molecule is CCn1ncc2c(C(=O)Nc3ccc4c(c3)NC(=O)CS4)cc(-c3ccccc3)nc21. The van der Waals surface area contributed by atoms with E-state index in [-0.39, 0.29) is 11.8 Å². The Labute approximate surface area is 182 Å². The maximum absolute atomic E-state index is 13.3. The van der Waals surface area contributed by atoms with Crippen LogP contribution in [-0.4, -0.2) is 32.3 Å². The van der Waals surface area contributed by atoms with Gasteiger partial charge in [-0.1, -0.05) is 30.3 Å². The van der Waals surface area contributed by atoms with Crippen molar-refractivity contribution in [2.75, 3.05) is 16.4 Å². The highest BCUT2D eigenvalue weighted by atomic mass is 32.2. The average molecular weight is 430 g/mol. The topological polar surface area (TPSA) is 88.9 Å². The smallest absolute Gasteiger partial charge is 0.256 e. The highest BCUT2D eigenvalue weighted by Gasteiger charge is 2.19. The molecule has 1 aliphatic rings. The molecule has 154 valence electrons. The van der Waals surface area contributed by atoms with E-state index in [1.165, 1.54) is 11.8 Å². The number of amides is 2. The monoisotopic (exact) mass is 429 g/mol. The van der Waals surface area contributed by atoms with E-state index in [1.54, 1.807) is 23.0 Å². The van der Waals surface area contributed by atoms with E-state index >= 15 is 0 Å². The van der Waals surface area contributed by atoms with Crippen LogP contribution >= 0.6 is 11.8 Å². The van der Waals surface area contributed by atoms with E-state index in [0.717, 1.165) is 10.5 Å². The minimum Gasteiger partial charge on any atom is -0.324 e. The molecular weight excluding hydrogens is 410 g/mol. The lowest BCUT2D eigenvalue weighted by atomic mass is 10.1. The molecule has 2 aromatic heterocycles. The van der Waals surface area contributed by atoms with Crippen LogP contribution < -0.4 is 10.6 Å². The summed E-state index contributed by atoms with van der Waals surface area (Å²) in [6.07, 6.45) is 1.68. The van der Waals surface area contributed by atoms with Gasteiger partial charge in [0.15, 0.2) is 5.65 Å². The maximum Gasteiger partial charge on any atom is 0.256 e. The van der Waals surface area contributed by atoms with E-state index in [2.05, 4.69) is 15.7 Å². The Morgan fingerprint density at radius 2 is 2.03 bits per heavy atom. The number of fused-ring (bicyclic) bond motifs is 2. The first kappa shape index (κ1) is 19.3. The van der Waals surface area contributed by atoms with Crippen molar-refractivity contribution in [1.29, 1.82) is 0 Å². The van der Waals surface area contributed by atoms with Gasteiger partial charge in [0.2, 0.25) is 5.91 Å². The van der Waals surface area contributed by atoms with Gasteiger partial charge < -0.3 is 10.6 Å². The van der Waals surface area contributed by atoms with Gasteiger partial charge >= 0.3 is 0 Å². The number of nitrogens with zero attached hydrogens (tertiary/aromatic N) is 3. The highest BCUT2D eigenvalue weighted by Crippen LogP contribution is 2.34. The summed E-state index contributed by atoms with van der Waals surface area (Å²) < 4.78 is 1.78. The van der Waals surface area contributed by atoms with Gasteiger partial charge in [-0.15, -0.1) is 11.8 Å². The minimum atomic E-state index is -0.255. The molecule has 1 aliphatic heterocycles. The van der Waals surface area contributed by atoms with Crippen molar-refractivity contribution in [2.24, 2.45) is 0 Å². The van der Waals surface area contributed by atoms with Crippen molar-refractivity contribution in [2.45, 2.75) is 18.4 Å². The molecule has 8 heteroatoms. The number of hydrogen-bond donors (Lipinski definition) is 2. The van der Waals surface area contributed by atoms with Gasteiger partial charge in [-0.3, -0.25) is 9.59 Å². The third-order valence-corrected chi connectivity index (χ3v) is 6.17. The van der Waals surface area contributed by atoms with Crippen LogP contribution in [0.5, 0.6) is 0 Å². The zero-order valence-electron chi connectivity index (χ0n) is 16.8. The van der Waals surface area contributed by atoms with Gasteiger partial charge in [0.05, 0.1) is 34.3 Å². The molecule has 2 N–H and O–H groups in total. The lowest BCUT2D eigenvalue weighted by Crippen LogP contribution is -2.19. The number of pyridine rings is 1. The second kappa shape index (κ2) is 7.88. The van der Waals surface area contributed by atoms with Crippen LogP contribution in [0.3, 0.4) is 0 Å². The quantitative estimate of drug-likeness (QED) is 0.501. The van der Waals surface area contributed by atoms with Gasteiger partial charge in [-0.25, -0.2) is 9.67 Å². The predicted octanol–water partition coefficient (Wildman–Crippen LogP) is 4.41. The van der Waals surface area contributed by atoms with Gasteiger partial charge in [0.1, 0.15) is 0 Å². The number of hydrogen-bond acceptors (Lipinski definition) is 5. The molecule has 0 radical (unpaired) electrons. The van der Waals surface area contributed by atoms with Crippen LogP contribution in [0, 0.1) is 0 Å². The maximum atomic E-state index is 13.3. The van der Waals surface area contributed by atoms with Crippen molar-refractivity contribution in [3.63, 3.8) is 0 Å². The number of carbonyl (C=O) groups is 2. The van der Waals surface area contributed by atoms with Crippen LogP contribution in [0.25, 0.3) is 22.3 Å². The predicted molar refractivity (Wildman–Crippen MR) is 122 cm³/mol. The van der Waals surface area contributed by atoms with Crippen LogP contribution in [0.4, 0.5) is 11.4 Å². The Balaban J connectivity index is 1.55. The van der Waals surface area contributed by atoms with Crippen molar-refractivity contribution in [1.82, 2.24) is 14.8 Å². The molecule has 2 aromatic carbocycles. The molecule has 0 spiro atoms. The molecule has 0 bridgehead atoms. The van der Waals surface area contributed by atoms with E-state index in [0.29, 0.717) is 46.0 Å². The number of carbonyl (C=O) groups excluding carboxylic acids is 2. The molecule has 31 heavy (non-hydrogen) atoms. The number of thioether (sulfide) groups is 1. The minimum absolute atomic E-state index is 0.0451. The van der Waals surface area contributed by atoms with Crippen LogP contribution in [-0.2, 0) is 11.3 Å². The first-order valence-corrected chi connectivity index (χ1v) is 10.9. The van der Waals surface area contributed by atoms with E-state index in [4.69, 9.17) is 4.98 Å². The first-order valence-electron chi connectivity index (χ1n) is 9.92. The normalized spacial score (nSPS) is 13.0. The Bertz CT molecular complexity index is 1320. The molecule has 0 saturated heterocycles. The van der Waals surface area contributed by atoms with Crippen LogP contribution in [0.2, 0.25) is 0 Å². The van der Waals surface area contributed by atoms with E-state index in [1.807, 2.05) is 49.4 Å².